The summed E-state index contributed by atoms with van der Waals surface area (Å²) in [7, 11) is 0. The predicted molar refractivity (Wildman–Crippen MR) is 71.1 cm³/mol. The summed E-state index contributed by atoms with van der Waals surface area (Å²) in [6.45, 7) is 6.09. The summed E-state index contributed by atoms with van der Waals surface area (Å²) < 4.78 is 0. The second kappa shape index (κ2) is 8.08. The summed E-state index contributed by atoms with van der Waals surface area (Å²) in [6, 6.07) is 0.464. The largest absolute Gasteiger partial charge is 0.354 e. The Kier molecular flexibility index (Phi) is 6.72. The first-order valence-electron chi connectivity index (χ1n) is 6.87. The minimum Gasteiger partial charge on any atom is -0.354 e. The third-order valence-corrected chi connectivity index (χ3v) is 2.83. The maximum atomic E-state index is 11.4. The smallest absolute Gasteiger partial charge is 0.223 e. The second-order valence-corrected chi connectivity index (χ2v) is 5.13. The van der Waals surface area contributed by atoms with Crippen LogP contribution >= 0.6 is 0 Å². The molecule has 0 heterocycles. The molecule has 0 aromatic carbocycles. The predicted octanol–water partition coefficient (Wildman–Crippen LogP) is 0.407. The van der Waals surface area contributed by atoms with Crippen molar-refractivity contribution >= 4 is 11.8 Å². The van der Waals surface area contributed by atoms with Crippen LogP contribution in [0.4, 0.5) is 0 Å². The second-order valence-electron chi connectivity index (χ2n) is 5.13. The molecular weight excluding hydrogens is 230 g/mol. The Morgan fingerprint density at radius 3 is 2.39 bits per heavy atom. The minimum atomic E-state index is 0.0567. The molecule has 0 bridgehead atoms. The first-order chi connectivity index (χ1) is 8.59. The van der Waals surface area contributed by atoms with E-state index < -0.39 is 0 Å². The molecule has 5 nitrogen and oxygen atoms in total. The first-order valence-corrected chi connectivity index (χ1v) is 6.87. The number of rotatable bonds is 9. The van der Waals surface area contributed by atoms with Gasteiger partial charge in [0.1, 0.15) is 0 Å². The number of hydrogen-bond acceptors (Lipinski definition) is 3. The van der Waals surface area contributed by atoms with Gasteiger partial charge in [0.25, 0.3) is 0 Å². The van der Waals surface area contributed by atoms with Crippen LogP contribution in [0.25, 0.3) is 0 Å². The molecule has 0 aliphatic heterocycles. The van der Waals surface area contributed by atoms with Gasteiger partial charge in [-0.15, -0.1) is 0 Å². The van der Waals surface area contributed by atoms with Gasteiger partial charge in [0, 0.05) is 31.5 Å². The summed E-state index contributed by atoms with van der Waals surface area (Å²) in [5.41, 5.74) is 0. The Hall–Kier alpha value is -1.10. The standard InChI is InChI=1S/C13H25N3O2/c1-10(2)14-7-3-4-12(17)15-8-9-16-13(18)11-5-6-11/h10-11,14H,3-9H2,1-2H3,(H,15,17)(H,16,18). The van der Waals surface area contributed by atoms with E-state index in [1.807, 2.05) is 0 Å². The SMILES string of the molecule is CC(C)NCCCC(=O)NCCNC(=O)C1CC1. The molecule has 104 valence electrons. The van der Waals surface area contributed by atoms with E-state index in [0.29, 0.717) is 25.6 Å². The fourth-order valence-corrected chi connectivity index (χ4v) is 1.61. The van der Waals surface area contributed by atoms with Crippen LogP contribution in [0.3, 0.4) is 0 Å². The Labute approximate surface area is 109 Å². The molecule has 1 rings (SSSR count). The van der Waals surface area contributed by atoms with E-state index in [1.165, 1.54) is 0 Å². The van der Waals surface area contributed by atoms with Gasteiger partial charge in [-0.1, -0.05) is 13.8 Å². The highest BCUT2D eigenvalue weighted by atomic mass is 16.2. The molecule has 0 spiro atoms. The lowest BCUT2D eigenvalue weighted by Crippen LogP contribution is -2.35. The molecule has 0 atom stereocenters. The zero-order chi connectivity index (χ0) is 13.4. The molecule has 3 N–H and O–H groups in total. The van der Waals surface area contributed by atoms with Crippen molar-refractivity contribution < 1.29 is 9.59 Å². The Bertz CT molecular complexity index is 275. The zero-order valence-electron chi connectivity index (χ0n) is 11.4. The number of nitrogens with one attached hydrogen (secondary N) is 3. The average molecular weight is 255 g/mol. The van der Waals surface area contributed by atoms with E-state index in [2.05, 4.69) is 29.8 Å². The van der Waals surface area contributed by atoms with Crippen molar-refractivity contribution in [1.82, 2.24) is 16.0 Å². The number of amides is 2. The maximum absolute atomic E-state index is 11.4. The lowest BCUT2D eigenvalue weighted by atomic mass is 10.2. The molecule has 1 saturated carbocycles. The highest BCUT2D eigenvalue weighted by Crippen LogP contribution is 2.28. The van der Waals surface area contributed by atoms with Crippen molar-refractivity contribution in [2.75, 3.05) is 19.6 Å². The van der Waals surface area contributed by atoms with Gasteiger partial charge in [-0.25, -0.2) is 0 Å². The van der Waals surface area contributed by atoms with Gasteiger partial charge < -0.3 is 16.0 Å². The summed E-state index contributed by atoms with van der Waals surface area (Å²) in [6.07, 6.45) is 3.41. The Balaban J connectivity index is 1.88. The van der Waals surface area contributed by atoms with Crippen LogP contribution in [-0.4, -0.2) is 37.5 Å². The number of carbonyl (C=O) groups is 2. The van der Waals surface area contributed by atoms with Crippen LogP contribution in [-0.2, 0) is 9.59 Å². The first kappa shape index (κ1) is 15.0. The van der Waals surface area contributed by atoms with Crippen molar-refractivity contribution in [2.24, 2.45) is 5.92 Å². The monoisotopic (exact) mass is 255 g/mol. The average Bonchev–Trinajstić information content (AvgIpc) is 3.13. The molecule has 1 aliphatic carbocycles. The molecule has 0 aromatic rings. The maximum Gasteiger partial charge on any atom is 0.223 e. The van der Waals surface area contributed by atoms with Gasteiger partial charge in [0.05, 0.1) is 0 Å². The quantitative estimate of drug-likeness (QED) is 0.523. The topological polar surface area (TPSA) is 70.2 Å². The highest BCUT2D eigenvalue weighted by Gasteiger charge is 2.28. The lowest BCUT2D eigenvalue weighted by molar-refractivity contribution is -0.123. The fraction of sp³-hybridized carbons (Fsp3) is 0.846. The molecule has 0 aromatic heterocycles. The van der Waals surface area contributed by atoms with Crippen LogP contribution in [0.5, 0.6) is 0 Å². The third kappa shape index (κ3) is 7.27. The van der Waals surface area contributed by atoms with Gasteiger partial charge in [0.15, 0.2) is 0 Å². The minimum absolute atomic E-state index is 0.0567. The van der Waals surface area contributed by atoms with Gasteiger partial charge in [-0.3, -0.25) is 9.59 Å². The van der Waals surface area contributed by atoms with Crippen molar-refractivity contribution in [3.8, 4) is 0 Å². The molecule has 18 heavy (non-hydrogen) atoms. The van der Waals surface area contributed by atoms with E-state index in [0.717, 1.165) is 25.8 Å². The molecule has 5 heteroatoms. The van der Waals surface area contributed by atoms with Crippen LogP contribution in [0.2, 0.25) is 0 Å². The van der Waals surface area contributed by atoms with Crippen LogP contribution < -0.4 is 16.0 Å². The van der Waals surface area contributed by atoms with Crippen LogP contribution in [0.1, 0.15) is 39.5 Å². The molecule has 1 aliphatic rings. The van der Waals surface area contributed by atoms with Crippen molar-refractivity contribution in [2.45, 2.75) is 45.6 Å². The number of carbonyl (C=O) groups excluding carboxylic acids is 2. The molecular formula is C13H25N3O2. The Morgan fingerprint density at radius 2 is 1.78 bits per heavy atom. The van der Waals surface area contributed by atoms with E-state index in [-0.39, 0.29) is 17.7 Å². The van der Waals surface area contributed by atoms with Crippen LogP contribution in [0.15, 0.2) is 0 Å². The summed E-state index contributed by atoms with van der Waals surface area (Å²) in [5, 5.41) is 8.89. The molecule has 0 saturated heterocycles. The van der Waals surface area contributed by atoms with Gasteiger partial charge in [-0.2, -0.15) is 0 Å². The fourth-order valence-electron chi connectivity index (χ4n) is 1.61. The van der Waals surface area contributed by atoms with Crippen molar-refractivity contribution in [3.05, 3.63) is 0 Å². The Morgan fingerprint density at radius 1 is 1.11 bits per heavy atom. The molecule has 2 amide bonds. The number of hydrogen-bond donors (Lipinski definition) is 3. The molecule has 1 fully saturated rings. The van der Waals surface area contributed by atoms with E-state index >= 15 is 0 Å². The summed E-state index contributed by atoms with van der Waals surface area (Å²) in [4.78, 5) is 22.7. The molecule has 0 unspecified atom stereocenters. The lowest BCUT2D eigenvalue weighted by Gasteiger charge is -2.08. The zero-order valence-corrected chi connectivity index (χ0v) is 11.4. The van der Waals surface area contributed by atoms with E-state index in [1.54, 1.807) is 0 Å². The third-order valence-electron chi connectivity index (χ3n) is 2.83. The van der Waals surface area contributed by atoms with E-state index in [9.17, 15) is 9.59 Å². The highest BCUT2D eigenvalue weighted by molar-refractivity contribution is 5.81. The van der Waals surface area contributed by atoms with Crippen molar-refractivity contribution in [1.29, 1.82) is 0 Å². The normalized spacial score (nSPS) is 14.6. The summed E-state index contributed by atoms with van der Waals surface area (Å²) >= 11 is 0. The van der Waals surface area contributed by atoms with Crippen LogP contribution in [0, 0.1) is 5.92 Å². The summed E-state index contributed by atoms with van der Waals surface area (Å²) in [5.74, 6) is 0.425. The van der Waals surface area contributed by atoms with Gasteiger partial charge >= 0.3 is 0 Å². The van der Waals surface area contributed by atoms with Crippen molar-refractivity contribution in [3.63, 3.8) is 0 Å². The van der Waals surface area contributed by atoms with Gasteiger partial charge in [-0.05, 0) is 25.8 Å². The molecule has 0 radical (unpaired) electrons. The van der Waals surface area contributed by atoms with E-state index in [4.69, 9.17) is 0 Å². The van der Waals surface area contributed by atoms with Gasteiger partial charge in [0.2, 0.25) is 11.8 Å².